The predicted molar refractivity (Wildman–Crippen MR) is 77.7 cm³/mol. The van der Waals surface area contributed by atoms with Crippen LogP contribution in [0.1, 0.15) is 67.9 Å². The molecule has 4 nitrogen and oxygen atoms in total. The Morgan fingerprint density at radius 2 is 1.85 bits per heavy atom. The summed E-state index contributed by atoms with van der Waals surface area (Å²) in [7, 11) is 0. The van der Waals surface area contributed by atoms with Crippen LogP contribution in [0.2, 0.25) is 0 Å². The lowest BCUT2D eigenvalue weighted by Gasteiger charge is -2.28. The van der Waals surface area contributed by atoms with Crippen LogP contribution in [0, 0.1) is 0 Å². The first-order valence-corrected chi connectivity index (χ1v) is 7.91. The van der Waals surface area contributed by atoms with Crippen LogP contribution in [-0.2, 0) is 0 Å². The molecule has 3 rings (SSSR count). The number of amides is 1. The molecule has 2 N–H and O–H groups in total. The van der Waals surface area contributed by atoms with Crippen LogP contribution in [-0.4, -0.2) is 27.7 Å². The van der Waals surface area contributed by atoms with E-state index < -0.39 is 0 Å². The number of nitrogens with zero attached hydrogens (tertiary/aromatic N) is 1. The van der Waals surface area contributed by atoms with Gasteiger partial charge in [0, 0.05) is 12.2 Å². The molecule has 1 heterocycles. The van der Waals surface area contributed by atoms with Crippen molar-refractivity contribution in [3.63, 3.8) is 0 Å². The van der Waals surface area contributed by atoms with Gasteiger partial charge in [-0.2, -0.15) is 0 Å². The SMILES string of the molecule is O=C(NC1CCCCC1O)c1cccn1C1CCCC1. The summed E-state index contributed by atoms with van der Waals surface area (Å²) >= 11 is 0. The maximum absolute atomic E-state index is 12.5. The molecule has 0 radical (unpaired) electrons. The van der Waals surface area contributed by atoms with Gasteiger partial charge in [-0.05, 0) is 37.8 Å². The maximum Gasteiger partial charge on any atom is 0.268 e. The van der Waals surface area contributed by atoms with Gasteiger partial charge in [0.2, 0.25) is 0 Å². The van der Waals surface area contributed by atoms with Crippen LogP contribution in [0.5, 0.6) is 0 Å². The van der Waals surface area contributed by atoms with Crippen molar-refractivity contribution in [3.8, 4) is 0 Å². The van der Waals surface area contributed by atoms with E-state index in [0.717, 1.165) is 31.4 Å². The monoisotopic (exact) mass is 276 g/mol. The lowest BCUT2D eigenvalue weighted by molar-refractivity contribution is 0.0709. The highest BCUT2D eigenvalue weighted by molar-refractivity contribution is 5.93. The number of aliphatic hydroxyl groups excluding tert-OH is 1. The van der Waals surface area contributed by atoms with Crippen molar-refractivity contribution in [1.82, 2.24) is 9.88 Å². The molecule has 2 aliphatic rings. The van der Waals surface area contributed by atoms with Gasteiger partial charge in [0.25, 0.3) is 5.91 Å². The van der Waals surface area contributed by atoms with Gasteiger partial charge in [-0.15, -0.1) is 0 Å². The second-order valence-electron chi connectivity index (χ2n) is 6.17. The quantitative estimate of drug-likeness (QED) is 0.891. The molecular weight excluding hydrogens is 252 g/mol. The molecule has 2 saturated carbocycles. The molecule has 0 saturated heterocycles. The van der Waals surface area contributed by atoms with E-state index in [0.29, 0.717) is 6.04 Å². The number of carbonyl (C=O) groups excluding carboxylic acids is 1. The molecule has 0 spiro atoms. The van der Waals surface area contributed by atoms with E-state index in [-0.39, 0.29) is 18.1 Å². The molecule has 0 aliphatic heterocycles. The molecular formula is C16H24N2O2. The predicted octanol–water partition coefficient (Wildman–Crippen LogP) is 2.64. The summed E-state index contributed by atoms with van der Waals surface area (Å²) in [5.41, 5.74) is 0.745. The minimum absolute atomic E-state index is 0.0344. The van der Waals surface area contributed by atoms with E-state index in [1.807, 2.05) is 18.3 Å². The third-order valence-corrected chi connectivity index (χ3v) is 4.78. The lowest BCUT2D eigenvalue weighted by Crippen LogP contribution is -2.45. The van der Waals surface area contributed by atoms with Gasteiger partial charge in [0.1, 0.15) is 5.69 Å². The largest absolute Gasteiger partial charge is 0.391 e. The topological polar surface area (TPSA) is 54.3 Å². The summed E-state index contributed by atoms with van der Waals surface area (Å²) < 4.78 is 2.12. The van der Waals surface area contributed by atoms with Crippen molar-refractivity contribution in [3.05, 3.63) is 24.0 Å². The van der Waals surface area contributed by atoms with Gasteiger partial charge < -0.3 is 15.0 Å². The Morgan fingerprint density at radius 3 is 2.60 bits per heavy atom. The zero-order valence-corrected chi connectivity index (χ0v) is 11.9. The molecule has 1 amide bonds. The molecule has 2 aliphatic carbocycles. The highest BCUT2D eigenvalue weighted by Crippen LogP contribution is 2.30. The first-order valence-electron chi connectivity index (χ1n) is 7.91. The maximum atomic E-state index is 12.5. The fourth-order valence-electron chi connectivity index (χ4n) is 3.61. The summed E-state index contributed by atoms with van der Waals surface area (Å²) in [5.74, 6) is -0.0344. The number of nitrogens with one attached hydrogen (secondary N) is 1. The van der Waals surface area contributed by atoms with E-state index in [1.165, 1.54) is 25.7 Å². The number of rotatable bonds is 3. The molecule has 0 aromatic carbocycles. The van der Waals surface area contributed by atoms with Gasteiger partial charge in [-0.3, -0.25) is 4.79 Å². The van der Waals surface area contributed by atoms with Crippen molar-refractivity contribution < 1.29 is 9.90 Å². The Balaban J connectivity index is 1.69. The number of carbonyl (C=O) groups is 1. The minimum atomic E-state index is -0.386. The second kappa shape index (κ2) is 6.00. The van der Waals surface area contributed by atoms with E-state index in [2.05, 4.69) is 9.88 Å². The summed E-state index contributed by atoms with van der Waals surface area (Å²) in [5, 5.41) is 13.0. The van der Waals surface area contributed by atoms with Crippen LogP contribution in [0.15, 0.2) is 18.3 Å². The third-order valence-electron chi connectivity index (χ3n) is 4.78. The number of aliphatic hydroxyl groups is 1. The average Bonchev–Trinajstić information content (AvgIpc) is 3.11. The van der Waals surface area contributed by atoms with Crippen LogP contribution in [0.25, 0.3) is 0 Å². The molecule has 4 heteroatoms. The molecule has 0 bridgehead atoms. The normalized spacial score (nSPS) is 27.6. The summed E-state index contributed by atoms with van der Waals surface area (Å²) in [6.45, 7) is 0. The molecule has 1 aromatic heterocycles. The van der Waals surface area contributed by atoms with Crippen molar-refractivity contribution in [2.24, 2.45) is 0 Å². The summed E-state index contributed by atoms with van der Waals surface area (Å²) in [6, 6.07) is 4.23. The van der Waals surface area contributed by atoms with E-state index >= 15 is 0 Å². The molecule has 110 valence electrons. The summed E-state index contributed by atoms with van der Waals surface area (Å²) in [6.07, 6.45) is 10.3. The van der Waals surface area contributed by atoms with Crippen LogP contribution >= 0.6 is 0 Å². The first kappa shape index (κ1) is 13.7. The fraction of sp³-hybridized carbons (Fsp3) is 0.688. The number of hydrogen-bond donors (Lipinski definition) is 2. The van der Waals surface area contributed by atoms with Crippen molar-refractivity contribution >= 4 is 5.91 Å². The zero-order chi connectivity index (χ0) is 13.9. The standard InChI is InChI=1S/C16H24N2O2/c19-15-10-4-3-8-13(15)17-16(20)14-9-5-11-18(14)12-6-1-2-7-12/h5,9,11-13,15,19H,1-4,6-8,10H2,(H,17,20). The molecule has 2 atom stereocenters. The third kappa shape index (κ3) is 2.75. The van der Waals surface area contributed by atoms with Gasteiger partial charge in [0.15, 0.2) is 0 Å². The van der Waals surface area contributed by atoms with Crippen LogP contribution < -0.4 is 5.32 Å². The highest BCUT2D eigenvalue weighted by Gasteiger charge is 2.27. The number of hydrogen-bond acceptors (Lipinski definition) is 2. The van der Waals surface area contributed by atoms with Gasteiger partial charge in [0.05, 0.1) is 12.1 Å². The van der Waals surface area contributed by atoms with Crippen LogP contribution in [0.3, 0.4) is 0 Å². The average molecular weight is 276 g/mol. The Kier molecular flexibility index (Phi) is 4.10. The molecule has 1 aromatic rings. The smallest absolute Gasteiger partial charge is 0.268 e. The van der Waals surface area contributed by atoms with Gasteiger partial charge in [-0.25, -0.2) is 0 Å². The van der Waals surface area contributed by atoms with E-state index in [9.17, 15) is 9.90 Å². The Labute approximate surface area is 120 Å². The minimum Gasteiger partial charge on any atom is -0.391 e. The molecule has 2 unspecified atom stereocenters. The Bertz CT molecular complexity index is 463. The molecule has 2 fully saturated rings. The van der Waals surface area contributed by atoms with Crippen LogP contribution in [0.4, 0.5) is 0 Å². The molecule has 20 heavy (non-hydrogen) atoms. The van der Waals surface area contributed by atoms with Crippen molar-refractivity contribution in [2.45, 2.75) is 69.6 Å². The summed E-state index contributed by atoms with van der Waals surface area (Å²) in [4.78, 5) is 12.5. The van der Waals surface area contributed by atoms with Crippen molar-refractivity contribution in [2.75, 3.05) is 0 Å². The first-order chi connectivity index (χ1) is 9.75. The van der Waals surface area contributed by atoms with E-state index in [4.69, 9.17) is 0 Å². The fourth-order valence-corrected chi connectivity index (χ4v) is 3.61. The van der Waals surface area contributed by atoms with Crippen molar-refractivity contribution in [1.29, 1.82) is 0 Å². The van der Waals surface area contributed by atoms with E-state index in [1.54, 1.807) is 0 Å². The zero-order valence-electron chi connectivity index (χ0n) is 11.9. The van der Waals surface area contributed by atoms with Gasteiger partial charge in [-0.1, -0.05) is 25.7 Å². The Hall–Kier alpha value is -1.29. The lowest BCUT2D eigenvalue weighted by atomic mass is 9.92. The Morgan fingerprint density at radius 1 is 1.15 bits per heavy atom. The second-order valence-corrected chi connectivity index (χ2v) is 6.17. The highest BCUT2D eigenvalue weighted by atomic mass is 16.3. The van der Waals surface area contributed by atoms with Gasteiger partial charge >= 0.3 is 0 Å². The number of aromatic nitrogens is 1.